The number of carbonyl (C=O) groups excluding carboxylic acids is 6. The topological polar surface area (TPSA) is 504 Å². The Hall–Kier alpha value is -6.10. The number of allylic oxidation sites excluding steroid dienone is 3. The van der Waals surface area contributed by atoms with E-state index in [2.05, 4.69) is 0 Å². The van der Waals surface area contributed by atoms with E-state index in [9.17, 15) is 95.2 Å². The van der Waals surface area contributed by atoms with E-state index >= 15 is 0 Å². The van der Waals surface area contributed by atoms with Gasteiger partial charge in [-0.05, 0) is 39.0 Å². The number of ether oxygens (including phenoxy) is 15. The van der Waals surface area contributed by atoms with E-state index in [0.29, 0.717) is 0 Å². The summed E-state index contributed by atoms with van der Waals surface area (Å²) >= 11 is 0. The molecule has 0 radical (unpaired) electrons. The number of aliphatic hydroxyl groups excluding tert-OH is 13. The lowest BCUT2D eigenvalue weighted by molar-refractivity contribution is -0.327. The molecule has 6 heterocycles. The first-order chi connectivity index (χ1) is 45.3. The fourth-order valence-corrected chi connectivity index (χ4v) is 12.5. The average molecular weight is 1360 g/mol. The Morgan fingerprint density at radius 3 is 1.06 bits per heavy atom. The van der Waals surface area contributed by atoms with Crippen LogP contribution in [0.4, 0.5) is 0 Å². The van der Waals surface area contributed by atoms with Crippen LogP contribution in [0.1, 0.15) is 53.4 Å². The van der Waals surface area contributed by atoms with Gasteiger partial charge in [0.15, 0.2) is 18.9 Å². The van der Waals surface area contributed by atoms with Gasteiger partial charge in [-0.15, -0.1) is 0 Å². The molecule has 0 spiro atoms. The number of methoxy groups -OCH3 is 3. The minimum absolute atomic E-state index is 0.0741. The maximum Gasteiger partial charge on any atom is 0.337 e. The zero-order valence-electron chi connectivity index (χ0n) is 52.9. The number of hydrogen-bond donors (Lipinski definition) is 13. The van der Waals surface area contributed by atoms with Gasteiger partial charge in [0.1, 0.15) is 73.2 Å². The van der Waals surface area contributed by atoms with Crippen molar-refractivity contribution < 1.29 is 166 Å². The Labute approximate surface area is 543 Å². The summed E-state index contributed by atoms with van der Waals surface area (Å²) in [6, 6.07) is 0. The highest BCUT2D eigenvalue weighted by atomic mass is 16.8. The van der Waals surface area contributed by atoms with Gasteiger partial charge in [-0.1, -0.05) is 25.2 Å². The van der Waals surface area contributed by atoms with Gasteiger partial charge < -0.3 is 137 Å². The third-order valence-electron chi connectivity index (χ3n) is 18.1. The van der Waals surface area contributed by atoms with Gasteiger partial charge in [0.2, 0.25) is 18.9 Å². The van der Waals surface area contributed by atoms with Crippen molar-refractivity contribution in [3.8, 4) is 0 Å². The molecule has 1 aliphatic carbocycles. The van der Waals surface area contributed by atoms with Crippen LogP contribution in [-0.2, 0) is 99.8 Å². The predicted octanol–water partition coefficient (Wildman–Crippen LogP) is -4.59. The molecule has 25 unspecified atom stereocenters. The van der Waals surface area contributed by atoms with E-state index in [-0.39, 0.29) is 39.9 Å². The lowest BCUT2D eigenvalue weighted by Crippen LogP contribution is -2.60. The van der Waals surface area contributed by atoms with E-state index < -0.39 is 253 Å². The zero-order chi connectivity index (χ0) is 69.9. The molecule has 7 rings (SSSR count). The molecule has 7 aliphatic rings. The van der Waals surface area contributed by atoms with Crippen LogP contribution in [0.3, 0.4) is 0 Å². The maximum atomic E-state index is 14.3. The standard InChI is InChI=1S/C61H86O34/c1-8-26-30(34(53(78)81-5)21-87-56(26)93-59-50(75)47(72)44(69)38(15-62)90-59)12-41(66)84-18-25(19-85-42(67)13-31-27(9-2)57(88-22-35(31)54(79)82-6)94-60-51(76)48(73)45(70)39(16-63)91-60)29-11-37(65)24(4)33(29)20-86-43(68)14-32-28(10-3)58(89-23-36(32)55(80)83-7)95-61-52(77)49(74)46(71)40(17-64)92-61/h8-10,21-25,29-33,37-40,44-52,56-65,69-77H,11-20H2,1-7H3. The summed E-state index contributed by atoms with van der Waals surface area (Å²) in [5.41, 5.74) is -0.354. The molecule has 0 aromatic carbocycles. The number of aliphatic hydroxyl groups is 13. The number of hydrogen-bond acceptors (Lipinski definition) is 34. The van der Waals surface area contributed by atoms with E-state index in [0.717, 1.165) is 40.1 Å². The Balaban J connectivity index is 1.14. The van der Waals surface area contributed by atoms with Crippen molar-refractivity contribution in [3.63, 3.8) is 0 Å². The first-order valence-electron chi connectivity index (χ1n) is 30.6. The molecular weight excluding hydrogens is 1280 g/mol. The summed E-state index contributed by atoms with van der Waals surface area (Å²) < 4.78 is 84.1. The highest BCUT2D eigenvalue weighted by Gasteiger charge is 2.52. The molecule has 3 saturated heterocycles. The van der Waals surface area contributed by atoms with Crippen LogP contribution in [0, 0.1) is 41.4 Å². The van der Waals surface area contributed by atoms with Crippen LogP contribution < -0.4 is 0 Å². The summed E-state index contributed by atoms with van der Waals surface area (Å²) in [5, 5.41) is 136. The Bertz CT molecular complexity index is 2730. The Kier molecular flexibility index (Phi) is 27.6. The number of carbonyl (C=O) groups is 6. The molecule has 0 amide bonds. The number of rotatable bonds is 25. The van der Waals surface area contributed by atoms with Gasteiger partial charge in [0.25, 0.3) is 0 Å². The molecule has 534 valence electrons. The SMILES string of the molecule is CC=C1C(OC2OC(CO)C(O)C(O)C2O)OC=C(C(=O)OC)C1CC(=O)OCC(COC(=O)CC1C(C(=O)OC)=COC(OC2OC(CO)C(O)C(O)C2O)C1=CC)C1CC(O)C(C)C1COC(=O)CC1C(C(=O)OC)=COC(OC2OC(CO)C(O)C(O)C2O)C1=CC. The molecule has 0 aromatic heterocycles. The monoisotopic (exact) mass is 1360 g/mol. The van der Waals surface area contributed by atoms with Crippen molar-refractivity contribution in [2.45, 2.75) is 170 Å². The largest absolute Gasteiger partial charge is 0.468 e. The van der Waals surface area contributed by atoms with Gasteiger partial charge in [-0.25, -0.2) is 14.4 Å². The normalized spacial score (nSPS) is 38.8. The molecule has 34 nitrogen and oxygen atoms in total. The Morgan fingerprint density at radius 2 is 0.779 bits per heavy atom. The van der Waals surface area contributed by atoms with Gasteiger partial charge in [-0.2, -0.15) is 0 Å². The van der Waals surface area contributed by atoms with Crippen LogP contribution in [0.25, 0.3) is 0 Å². The van der Waals surface area contributed by atoms with Crippen molar-refractivity contribution >= 4 is 35.8 Å². The first-order valence-corrected chi connectivity index (χ1v) is 30.6. The molecule has 95 heavy (non-hydrogen) atoms. The van der Waals surface area contributed by atoms with Gasteiger partial charge in [-0.3, -0.25) is 14.4 Å². The lowest BCUT2D eigenvalue weighted by atomic mass is 9.82. The molecule has 34 heteroatoms. The first kappa shape index (κ1) is 76.3. The molecule has 13 N–H and O–H groups in total. The van der Waals surface area contributed by atoms with Crippen LogP contribution in [-0.4, -0.2) is 280 Å². The van der Waals surface area contributed by atoms with Crippen molar-refractivity contribution in [1.82, 2.24) is 0 Å². The van der Waals surface area contributed by atoms with Gasteiger partial charge >= 0.3 is 35.8 Å². The van der Waals surface area contributed by atoms with Crippen LogP contribution in [0.15, 0.2) is 70.5 Å². The fourth-order valence-electron chi connectivity index (χ4n) is 12.5. The third kappa shape index (κ3) is 17.3. The summed E-state index contributed by atoms with van der Waals surface area (Å²) in [7, 11) is 3.20. The zero-order valence-corrected chi connectivity index (χ0v) is 52.9. The van der Waals surface area contributed by atoms with Crippen LogP contribution in [0.5, 0.6) is 0 Å². The summed E-state index contributed by atoms with van der Waals surface area (Å²) in [6.45, 7) is 2.12. The molecule has 0 aromatic rings. The lowest BCUT2D eigenvalue weighted by Gasteiger charge is -2.42. The predicted molar refractivity (Wildman–Crippen MR) is 308 cm³/mol. The van der Waals surface area contributed by atoms with E-state index in [1.807, 2.05) is 0 Å². The molecule has 4 fully saturated rings. The average Bonchev–Trinajstić information content (AvgIpc) is 1.51. The minimum atomic E-state index is -1.89. The van der Waals surface area contributed by atoms with E-state index in [4.69, 9.17) is 71.1 Å². The second-order valence-corrected chi connectivity index (χ2v) is 23.5. The second-order valence-electron chi connectivity index (χ2n) is 23.5. The molecule has 25 atom stereocenters. The fraction of sp³-hybridized carbons (Fsp3) is 0.705. The molecule has 6 aliphatic heterocycles. The number of esters is 6. The van der Waals surface area contributed by atoms with Crippen molar-refractivity contribution in [1.29, 1.82) is 0 Å². The summed E-state index contributed by atoms with van der Waals surface area (Å²) in [6.07, 6.45) is -26.3. The van der Waals surface area contributed by atoms with Gasteiger partial charge in [0, 0.05) is 46.3 Å². The molecular formula is C61H86O34. The molecule has 1 saturated carbocycles. The van der Waals surface area contributed by atoms with Gasteiger partial charge in [0.05, 0.1) is 122 Å². The van der Waals surface area contributed by atoms with Crippen molar-refractivity contribution in [2.75, 3.05) is 61.0 Å². The van der Waals surface area contributed by atoms with Crippen molar-refractivity contribution in [3.05, 3.63) is 70.5 Å². The van der Waals surface area contributed by atoms with Crippen LogP contribution >= 0.6 is 0 Å². The minimum Gasteiger partial charge on any atom is -0.468 e. The maximum absolute atomic E-state index is 14.3. The Morgan fingerprint density at radius 1 is 0.474 bits per heavy atom. The second kappa shape index (κ2) is 34.4. The van der Waals surface area contributed by atoms with Crippen LogP contribution in [0.2, 0.25) is 0 Å². The highest BCUT2D eigenvalue weighted by Crippen LogP contribution is 2.45. The van der Waals surface area contributed by atoms with E-state index in [1.54, 1.807) is 6.92 Å². The quantitative estimate of drug-likeness (QED) is 0.0232. The third-order valence-corrected chi connectivity index (χ3v) is 18.1. The van der Waals surface area contributed by atoms with Crippen molar-refractivity contribution in [2.24, 2.45) is 41.4 Å². The summed E-state index contributed by atoms with van der Waals surface area (Å²) in [5.74, 6) is -12.9. The molecule has 0 bridgehead atoms. The van der Waals surface area contributed by atoms with E-state index in [1.165, 1.54) is 39.0 Å². The highest BCUT2D eigenvalue weighted by molar-refractivity contribution is 5.92. The summed E-state index contributed by atoms with van der Waals surface area (Å²) in [4.78, 5) is 82.6. The smallest absolute Gasteiger partial charge is 0.337 e.